The van der Waals surface area contributed by atoms with E-state index in [0.29, 0.717) is 6.04 Å². The molecule has 0 fully saturated rings. The van der Waals surface area contributed by atoms with E-state index in [4.69, 9.17) is 4.74 Å². The van der Waals surface area contributed by atoms with Gasteiger partial charge in [-0.15, -0.1) is 0 Å². The molecule has 2 heteroatoms. The Morgan fingerprint density at radius 3 is 2.60 bits per heavy atom. The van der Waals surface area contributed by atoms with Crippen molar-refractivity contribution >= 4 is 0 Å². The molecule has 0 saturated heterocycles. The highest BCUT2D eigenvalue weighted by Gasteiger charge is 2.11. The van der Waals surface area contributed by atoms with Crippen LogP contribution in [0.4, 0.5) is 0 Å². The van der Waals surface area contributed by atoms with Crippen LogP contribution in [-0.2, 0) is 0 Å². The molecule has 0 heterocycles. The maximum atomic E-state index is 6.03. The molecule has 1 aromatic carbocycles. The Morgan fingerprint density at radius 2 is 1.90 bits per heavy atom. The molecule has 1 unspecified atom stereocenters. The quantitative estimate of drug-likeness (QED) is 0.607. The van der Waals surface area contributed by atoms with Crippen LogP contribution in [0.15, 0.2) is 18.2 Å². The fourth-order valence-corrected chi connectivity index (χ4v) is 2.31. The molecule has 0 aliphatic rings. The van der Waals surface area contributed by atoms with Gasteiger partial charge in [-0.2, -0.15) is 0 Å². The molecular weight excluding hydrogens is 246 g/mol. The van der Waals surface area contributed by atoms with E-state index in [1.54, 1.807) is 0 Å². The minimum absolute atomic E-state index is 0.348. The Kier molecular flexibility index (Phi) is 8.36. The summed E-state index contributed by atoms with van der Waals surface area (Å²) in [5.41, 5.74) is 2.54. The standard InChI is InChI=1S/C18H31NO/c1-5-7-8-9-13-20-18-14-15(3)10-11-17(18)16(4)19-12-6-2/h10-11,14,16,19H,5-9,12-13H2,1-4H3. The summed E-state index contributed by atoms with van der Waals surface area (Å²) in [6.07, 6.45) is 6.15. The Bertz CT molecular complexity index is 376. The first-order valence-corrected chi connectivity index (χ1v) is 8.15. The zero-order chi connectivity index (χ0) is 14.8. The third-order valence-corrected chi connectivity index (χ3v) is 3.59. The summed E-state index contributed by atoms with van der Waals surface area (Å²) < 4.78 is 6.03. The van der Waals surface area contributed by atoms with Crippen LogP contribution in [0, 0.1) is 6.92 Å². The zero-order valence-electron chi connectivity index (χ0n) is 13.7. The SMILES string of the molecule is CCCCCCOc1cc(C)ccc1C(C)NCCC. The highest BCUT2D eigenvalue weighted by molar-refractivity contribution is 5.39. The van der Waals surface area contributed by atoms with Crippen molar-refractivity contribution in [2.24, 2.45) is 0 Å². The highest BCUT2D eigenvalue weighted by atomic mass is 16.5. The van der Waals surface area contributed by atoms with Crippen molar-refractivity contribution in [1.29, 1.82) is 0 Å². The molecule has 1 atom stereocenters. The Balaban J connectivity index is 2.60. The first kappa shape index (κ1) is 17.0. The average Bonchev–Trinajstić information content (AvgIpc) is 2.44. The molecule has 1 N–H and O–H groups in total. The van der Waals surface area contributed by atoms with Gasteiger partial charge in [0.1, 0.15) is 5.75 Å². The van der Waals surface area contributed by atoms with Crippen molar-refractivity contribution in [2.75, 3.05) is 13.2 Å². The van der Waals surface area contributed by atoms with Gasteiger partial charge in [0.05, 0.1) is 6.61 Å². The van der Waals surface area contributed by atoms with Gasteiger partial charge in [-0.3, -0.25) is 0 Å². The first-order valence-electron chi connectivity index (χ1n) is 8.15. The largest absolute Gasteiger partial charge is 0.493 e. The van der Waals surface area contributed by atoms with Crippen LogP contribution in [0.5, 0.6) is 5.75 Å². The summed E-state index contributed by atoms with van der Waals surface area (Å²) in [6.45, 7) is 10.6. The number of ether oxygens (including phenoxy) is 1. The van der Waals surface area contributed by atoms with Gasteiger partial charge >= 0.3 is 0 Å². The third-order valence-electron chi connectivity index (χ3n) is 3.59. The predicted octanol–water partition coefficient (Wildman–Crippen LogP) is 5.01. The Hall–Kier alpha value is -1.02. The van der Waals surface area contributed by atoms with E-state index in [2.05, 4.69) is 51.2 Å². The molecule has 0 spiro atoms. The van der Waals surface area contributed by atoms with Gasteiger partial charge in [0.2, 0.25) is 0 Å². The zero-order valence-corrected chi connectivity index (χ0v) is 13.7. The van der Waals surface area contributed by atoms with Gasteiger partial charge in [-0.1, -0.05) is 45.2 Å². The second-order valence-electron chi connectivity index (χ2n) is 5.63. The van der Waals surface area contributed by atoms with Gasteiger partial charge in [-0.05, 0) is 44.9 Å². The van der Waals surface area contributed by atoms with E-state index in [9.17, 15) is 0 Å². The van der Waals surface area contributed by atoms with E-state index in [1.165, 1.54) is 30.4 Å². The molecule has 20 heavy (non-hydrogen) atoms. The Morgan fingerprint density at radius 1 is 1.10 bits per heavy atom. The summed E-state index contributed by atoms with van der Waals surface area (Å²) in [5, 5.41) is 3.54. The van der Waals surface area contributed by atoms with Gasteiger partial charge in [-0.25, -0.2) is 0 Å². The lowest BCUT2D eigenvalue weighted by Crippen LogP contribution is -2.20. The second kappa shape index (κ2) is 9.82. The smallest absolute Gasteiger partial charge is 0.124 e. The molecule has 0 aliphatic heterocycles. The van der Waals surface area contributed by atoms with Crippen molar-refractivity contribution in [3.8, 4) is 5.75 Å². The molecule has 1 aromatic rings. The van der Waals surface area contributed by atoms with Crippen molar-refractivity contribution in [2.45, 2.75) is 65.8 Å². The molecule has 0 aliphatic carbocycles. The first-order chi connectivity index (χ1) is 9.69. The lowest BCUT2D eigenvalue weighted by molar-refractivity contribution is 0.299. The van der Waals surface area contributed by atoms with E-state index in [-0.39, 0.29) is 0 Å². The summed E-state index contributed by atoms with van der Waals surface area (Å²) in [6, 6.07) is 6.88. The number of unbranched alkanes of at least 4 members (excludes halogenated alkanes) is 3. The maximum Gasteiger partial charge on any atom is 0.124 e. The van der Waals surface area contributed by atoms with Crippen LogP contribution >= 0.6 is 0 Å². The van der Waals surface area contributed by atoms with Crippen molar-refractivity contribution in [1.82, 2.24) is 5.32 Å². The topological polar surface area (TPSA) is 21.3 Å². The van der Waals surface area contributed by atoms with E-state index in [1.807, 2.05) is 0 Å². The number of hydrogen-bond donors (Lipinski definition) is 1. The van der Waals surface area contributed by atoms with Gasteiger partial charge in [0.15, 0.2) is 0 Å². The minimum atomic E-state index is 0.348. The fraction of sp³-hybridized carbons (Fsp3) is 0.667. The van der Waals surface area contributed by atoms with Crippen LogP contribution in [0.1, 0.15) is 70.0 Å². The molecule has 1 rings (SSSR count). The van der Waals surface area contributed by atoms with Gasteiger partial charge < -0.3 is 10.1 Å². The lowest BCUT2D eigenvalue weighted by atomic mass is 10.0. The van der Waals surface area contributed by atoms with Crippen molar-refractivity contribution in [3.63, 3.8) is 0 Å². The summed E-state index contributed by atoms with van der Waals surface area (Å²) in [7, 11) is 0. The van der Waals surface area contributed by atoms with Crippen LogP contribution in [0.3, 0.4) is 0 Å². The van der Waals surface area contributed by atoms with E-state index >= 15 is 0 Å². The molecule has 0 bridgehead atoms. The van der Waals surface area contributed by atoms with E-state index in [0.717, 1.165) is 31.7 Å². The molecule has 0 amide bonds. The van der Waals surface area contributed by atoms with E-state index < -0.39 is 0 Å². The molecule has 114 valence electrons. The molecular formula is C18H31NO. The number of aryl methyl sites for hydroxylation is 1. The average molecular weight is 277 g/mol. The van der Waals surface area contributed by atoms with Crippen LogP contribution in [-0.4, -0.2) is 13.2 Å². The number of hydrogen-bond acceptors (Lipinski definition) is 2. The van der Waals surface area contributed by atoms with Crippen LogP contribution in [0.25, 0.3) is 0 Å². The summed E-state index contributed by atoms with van der Waals surface area (Å²) in [4.78, 5) is 0. The number of rotatable bonds is 10. The molecule has 0 saturated carbocycles. The maximum absolute atomic E-state index is 6.03. The van der Waals surface area contributed by atoms with Gasteiger partial charge in [0, 0.05) is 11.6 Å². The monoisotopic (exact) mass is 277 g/mol. The van der Waals surface area contributed by atoms with Crippen LogP contribution in [0.2, 0.25) is 0 Å². The third kappa shape index (κ3) is 5.96. The predicted molar refractivity (Wildman–Crippen MR) is 87.5 cm³/mol. The highest BCUT2D eigenvalue weighted by Crippen LogP contribution is 2.26. The summed E-state index contributed by atoms with van der Waals surface area (Å²) in [5.74, 6) is 1.05. The number of benzene rings is 1. The van der Waals surface area contributed by atoms with Crippen molar-refractivity contribution < 1.29 is 4.74 Å². The lowest BCUT2D eigenvalue weighted by Gasteiger charge is -2.19. The van der Waals surface area contributed by atoms with Crippen molar-refractivity contribution in [3.05, 3.63) is 29.3 Å². The molecule has 0 radical (unpaired) electrons. The minimum Gasteiger partial charge on any atom is -0.493 e. The molecule has 2 nitrogen and oxygen atoms in total. The second-order valence-corrected chi connectivity index (χ2v) is 5.63. The Labute approximate surface area is 124 Å². The number of nitrogens with one attached hydrogen (secondary N) is 1. The normalized spacial score (nSPS) is 12.4. The summed E-state index contributed by atoms with van der Waals surface area (Å²) >= 11 is 0. The van der Waals surface area contributed by atoms with Crippen LogP contribution < -0.4 is 10.1 Å². The molecule has 0 aromatic heterocycles. The fourth-order valence-electron chi connectivity index (χ4n) is 2.31. The van der Waals surface area contributed by atoms with Gasteiger partial charge in [0.25, 0.3) is 0 Å².